The summed E-state index contributed by atoms with van der Waals surface area (Å²) >= 11 is 5.83. The number of nitrogens with zero attached hydrogens (tertiary/aromatic N) is 2. The first-order valence-electron chi connectivity index (χ1n) is 10.0. The number of halogens is 2. The van der Waals surface area contributed by atoms with Gasteiger partial charge in [0.05, 0.1) is 6.10 Å². The minimum Gasteiger partial charge on any atom is -0.491 e. The van der Waals surface area contributed by atoms with E-state index >= 15 is 0 Å². The fourth-order valence-electron chi connectivity index (χ4n) is 3.18. The lowest BCUT2D eigenvalue weighted by molar-refractivity contribution is 0.0676. The molecule has 1 atom stereocenters. The first kappa shape index (κ1) is 24.7. The van der Waals surface area contributed by atoms with Crippen LogP contribution in [0.3, 0.4) is 0 Å². The summed E-state index contributed by atoms with van der Waals surface area (Å²) < 4.78 is 11.7. The molecule has 2 aromatic rings. The number of nitrogens with one attached hydrogen (secondary N) is 2. The molecule has 8 heteroatoms. The molecule has 0 bridgehead atoms. The van der Waals surface area contributed by atoms with Crippen LogP contribution in [0.4, 0.5) is 0 Å². The first-order valence-corrected chi connectivity index (χ1v) is 10.4. The van der Waals surface area contributed by atoms with E-state index in [0.717, 1.165) is 55.3 Å². The van der Waals surface area contributed by atoms with E-state index in [0.29, 0.717) is 18.3 Å². The average Bonchev–Trinajstić information content (AvgIpc) is 3.25. The average molecular weight is 545 g/mol. The van der Waals surface area contributed by atoms with E-state index in [4.69, 9.17) is 21.1 Å². The second-order valence-corrected chi connectivity index (χ2v) is 7.54. The van der Waals surface area contributed by atoms with Crippen LogP contribution in [0.25, 0.3) is 0 Å². The topological polar surface area (TPSA) is 67.8 Å². The van der Waals surface area contributed by atoms with Crippen molar-refractivity contribution in [2.24, 2.45) is 4.99 Å². The molecule has 1 aliphatic heterocycles. The number of rotatable bonds is 8. The van der Waals surface area contributed by atoms with Crippen LogP contribution in [0, 0.1) is 6.92 Å². The molecular formula is C22H30ClIN4O2. The lowest BCUT2D eigenvalue weighted by atomic mass is 10.1. The van der Waals surface area contributed by atoms with Gasteiger partial charge in [-0.25, -0.2) is 4.98 Å². The Bertz CT molecular complexity index is 811. The molecule has 164 valence electrons. The number of benzene rings is 1. The Morgan fingerprint density at radius 1 is 1.30 bits per heavy atom. The number of hydrogen-bond donors (Lipinski definition) is 2. The normalized spacial score (nSPS) is 16.1. The third kappa shape index (κ3) is 7.92. The van der Waals surface area contributed by atoms with E-state index in [1.54, 1.807) is 19.3 Å². The van der Waals surface area contributed by atoms with Crippen LogP contribution in [-0.4, -0.2) is 43.9 Å². The molecule has 1 unspecified atom stereocenters. The van der Waals surface area contributed by atoms with Gasteiger partial charge in [-0.2, -0.15) is 0 Å². The monoisotopic (exact) mass is 544 g/mol. The minimum atomic E-state index is 0. The highest BCUT2D eigenvalue weighted by Gasteiger charge is 2.17. The van der Waals surface area contributed by atoms with Crippen LogP contribution in [0.2, 0.25) is 5.15 Å². The highest BCUT2D eigenvalue weighted by atomic mass is 127. The zero-order valence-corrected chi connectivity index (χ0v) is 20.6. The maximum Gasteiger partial charge on any atom is 0.191 e. The Morgan fingerprint density at radius 2 is 2.17 bits per heavy atom. The van der Waals surface area contributed by atoms with Gasteiger partial charge in [-0.1, -0.05) is 29.8 Å². The van der Waals surface area contributed by atoms with Crippen LogP contribution < -0.4 is 15.4 Å². The quantitative estimate of drug-likeness (QED) is 0.226. The molecule has 0 aliphatic carbocycles. The first-order chi connectivity index (χ1) is 14.1. The summed E-state index contributed by atoms with van der Waals surface area (Å²) in [6.07, 6.45) is 5.02. The van der Waals surface area contributed by atoms with Gasteiger partial charge >= 0.3 is 0 Å². The fourth-order valence-corrected chi connectivity index (χ4v) is 3.29. The molecule has 3 rings (SSSR count). The number of ether oxygens (including phenoxy) is 2. The van der Waals surface area contributed by atoms with E-state index in [1.165, 1.54) is 5.56 Å². The molecule has 0 radical (unpaired) electrons. The van der Waals surface area contributed by atoms with Crippen molar-refractivity contribution >= 4 is 41.5 Å². The SMILES string of the molecule is CN=C(NCCc1ccc(Cl)nc1)NCc1ccc(C)cc1OCC1CCCO1.I. The number of hydrogen-bond acceptors (Lipinski definition) is 4. The van der Waals surface area contributed by atoms with Gasteiger partial charge in [-0.15, -0.1) is 24.0 Å². The van der Waals surface area contributed by atoms with Crippen LogP contribution >= 0.6 is 35.6 Å². The summed E-state index contributed by atoms with van der Waals surface area (Å²) in [6, 6.07) is 10.1. The standard InChI is InChI=1S/C22H29ClN4O2.HI/c1-16-5-7-18(20(12-16)29-15-19-4-3-11-28-19)14-27-22(24-2)25-10-9-17-6-8-21(23)26-13-17;/h5-8,12-13,19H,3-4,9-11,14-15H2,1-2H3,(H2,24,25,27);1H. The summed E-state index contributed by atoms with van der Waals surface area (Å²) in [6.45, 7) is 4.88. The summed E-state index contributed by atoms with van der Waals surface area (Å²) in [7, 11) is 1.77. The van der Waals surface area contributed by atoms with Gasteiger partial charge < -0.3 is 20.1 Å². The molecule has 0 saturated carbocycles. The molecule has 1 aliphatic rings. The van der Waals surface area contributed by atoms with Crippen molar-refractivity contribution in [3.63, 3.8) is 0 Å². The number of pyridine rings is 1. The smallest absolute Gasteiger partial charge is 0.191 e. The summed E-state index contributed by atoms with van der Waals surface area (Å²) in [5, 5.41) is 7.20. The number of aromatic nitrogens is 1. The van der Waals surface area contributed by atoms with Crippen molar-refractivity contribution in [2.45, 2.75) is 38.8 Å². The van der Waals surface area contributed by atoms with Gasteiger partial charge in [-0.05, 0) is 49.4 Å². The lowest BCUT2D eigenvalue weighted by Gasteiger charge is -2.17. The van der Waals surface area contributed by atoms with Crippen molar-refractivity contribution in [1.29, 1.82) is 0 Å². The van der Waals surface area contributed by atoms with Crippen molar-refractivity contribution in [3.05, 3.63) is 58.4 Å². The number of aryl methyl sites for hydroxylation is 1. The van der Waals surface area contributed by atoms with Crippen LogP contribution in [-0.2, 0) is 17.7 Å². The molecule has 1 saturated heterocycles. The Morgan fingerprint density at radius 3 is 2.87 bits per heavy atom. The van der Waals surface area contributed by atoms with Crippen molar-refractivity contribution < 1.29 is 9.47 Å². The van der Waals surface area contributed by atoms with Crippen molar-refractivity contribution in [2.75, 3.05) is 26.8 Å². The highest BCUT2D eigenvalue weighted by Crippen LogP contribution is 2.22. The van der Waals surface area contributed by atoms with Gasteiger partial charge in [0.2, 0.25) is 0 Å². The summed E-state index contributed by atoms with van der Waals surface area (Å²) in [4.78, 5) is 8.41. The predicted molar refractivity (Wildman–Crippen MR) is 132 cm³/mol. The molecule has 1 aromatic carbocycles. The van der Waals surface area contributed by atoms with Gasteiger partial charge in [-0.3, -0.25) is 4.99 Å². The van der Waals surface area contributed by atoms with Crippen LogP contribution in [0.5, 0.6) is 5.75 Å². The number of guanidine groups is 1. The number of aliphatic imine (C=N–C) groups is 1. The zero-order valence-electron chi connectivity index (χ0n) is 17.5. The van der Waals surface area contributed by atoms with Crippen molar-refractivity contribution in [3.8, 4) is 5.75 Å². The van der Waals surface area contributed by atoms with E-state index in [9.17, 15) is 0 Å². The molecule has 2 heterocycles. The zero-order chi connectivity index (χ0) is 20.5. The fraction of sp³-hybridized carbons (Fsp3) is 0.455. The molecule has 2 N–H and O–H groups in total. The van der Waals surface area contributed by atoms with Crippen LogP contribution in [0.15, 0.2) is 41.5 Å². The van der Waals surface area contributed by atoms with Crippen LogP contribution in [0.1, 0.15) is 29.5 Å². The van der Waals surface area contributed by atoms with Gasteiger partial charge in [0.25, 0.3) is 0 Å². The second-order valence-electron chi connectivity index (χ2n) is 7.15. The Labute approximate surface area is 200 Å². The lowest BCUT2D eigenvalue weighted by Crippen LogP contribution is -2.38. The predicted octanol–water partition coefficient (Wildman–Crippen LogP) is 4.13. The van der Waals surface area contributed by atoms with Gasteiger partial charge in [0.15, 0.2) is 5.96 Å². The van der Waals surface area contributed by atoms with E-state index < -0.39 is 0 Å². The summed E-state index contributed by atoms with van der Waals surface area (Å²) in [5.41, 5.74) is 3.40. The maximum absolute atomic E-state index is 6.07. The highest BCUT2D eigenvalue weighted by molar-refractivity contribution is 14.0. The van der Waals surface area contributed by atoms with E-state index in [1.807, 2.05) is 6.07 Å². The summed E-state index contributed by atoms with van der Waals surface area (Å²) in [5.74, 6) is 1.65. The molecule has 6 nitrogen and oxygen atoms in total. The van der Waals surface area contributed by atoms with Crippen molar-refractivity contribution in [1.82, 2.24) is 15.6 Å². The Balaban J connectivity index is 0.00000320. The van der Waals surface area contributed by atoms with E-state index in [-0.39, 0.29) is 30.1 Å². The van der Waals surface area contributed by atoms with Gasteiger partial charge in [0.1, 0.15) is 17.5 Å². The molecule has 1 fully saturated rings. The third-order valence-corrected chi connectivity index (χ3v) is 5.06. The molecule has 0 spiro atoms. The largest absolute Gasteiger partial charge is 0.491 e. The van der Waals surface area contributed by atoms with E-state index in [2.05, 4.69) is 45.7 Å². The Kier molecular flexibility index (Phi) is 10.7. The molecule has 1 aromatic heterocycles. The van der Waals surface area contributed by atoms with Gasteiger partial charge in [0, 0.05) is 38.5 Å². The third-order valence-electron chi connectivity index (χ3n) is 4.84. The molecule has 0 amide bonds. The maximum atomic E-state index is 6.07. The molecular weight excluding hydrogens is 515 g/mol. The molecule has 30 heavy (non-hydrogen) atoms. The minimum absolute atomic E-state index is 0. The second kappa shape index (κ2) is 13.0. The Hall–Kier alpha value is -1.58.